The van der Waals surface area contributed by atoms with E-state index in [0.717, 1.165) is 4.90 Å². The number of esters is 1. The Balaban J connectivity index is 1.82. The minimum Gasteiger partial charge on any atom is -0.461 e. The zero-order chi connectivity index (χ0) is 23.8. The van der Waals surface area contributed by atoms with E-state index in [4.69, 9.17) is 16.3 Å². The molecule has 4 rings (SSSR count). The van der Waals surface area contributed by atoms with Crippen molar-refractivity contribution in [1.29, 1.82) is 0 Å². The van der Waals surface area contributed by atoms with Crippen LogP contribution in [0.5, 0.6) is 0 Å². The van der Waals surface area contributed by atoms with E-state index in [2.05, 4.69) is 35.9 Å². The molecule has 2 aromatic heterocycles. The predicted molar refractivity (Wildman–Crippen MR) is 133 cm³/mol. The van der Waals surface area contributed by atoms with Crippen LogP contribution in [-0.4, -0.2) is 27.1 Å². The van der Waals surface area contributed by atoms with Gasteiger partial charge in [-0.3, -0.25) is 0 Å². The van der Waals surface area contributed by atoms with E-state index in [0.29, 0.717) is 27.4 Å². The lowest BCUT2D eigenvalue weighted by Gasteiger charge is -2.25. The maximum Gasteiger partial charge on any atom is 0.357 e. The fourth-order valence-corrected chi connectivity index (χ4v) is 5.04. The number of imidazole rings is 1. The molecule has 1 N–H and O–H groups in total. The number of rotatable bonds is 6. The van der Waals surface area contributed by atoms with Gasteiger partial charge in [0.2, 0.25) is 0 Å². The number of nitrogens with zero attached hydrogens (tertiary/aromatic N) is 2. The van der Waals surface area contributed by atoms with Gasteiger partial charge in [0.15, 0.2) is 11.3 Å². The average Bonchev–Trinajstić information content (AvgIpc) is 3.12. The first-order valence-corrected chi connectivity index (χ1v) is 11.7. The van der Waals surface area contributed by atoms with Crippen molar-refractivity contribution in [1.82, 2.24) is 14.5 Å². The van der Waals surface area contributed by atoms with Gasteiger partial charge in [-0.25, -0.2) is 19.1 Å². The van der Waals surface area contributed by atoms with Gasteiger partial charge in [0.1, 0.15) is 0 Å². The zero-order valence-electron chi connectivity index (χ0n) is 18.8. The number of benzene rings is 2. The lowest BCUT2D eigenvalue weighted by molar-refractivity contribution is 0.0519. The molecule has 8 heteroatoms. The molecule has 0 bridgehead atoms. The molecule has 170 valence electrons. The number of carbonyl (C=O) groups excluding carboxylic acids is 1. The van der Waals surface area contributed by atoms with Gasteiger partial charge in [-0.1, -0.05) is 41.9 Å². The van der Waals surface area contributed by atoms with E-state index in [1.165, 1.54) is 10.1 Å². The SMILES string of the molecule is CCOC(=O)c1cc(C)c2[nH]c(=O)n(-c3cc(SC(C)(C)c4ccccc4)ccc3Cl)c2n1. The third-order valence-corrected chi connectivity index (χ3v) is 6.88. The number of hydrogen-bond acceptors (Lipinski definition) is 5. The number of aryl methyl sites for hydroxylation is 1. The van der Waals surface area contributed by atoms with Crippen LogP contribution in [0, 0.1) is 6.92 Å². The van der Waals surface area contributed by atoms with E-state index in [9.17, 15) is 9.59 Å². The number of aromatic nitrogens is 3. The summed E-state index contributed by atoms with van der Waals surface area (Å²) in [5.41, 5.74) is 3.03. The summed E-state index contributed by atoms with van der Waals surface area (Å²) in [5.74, 6) is -0.539. The summed E-state index contributed by atoms with van der Waals surface area (Å²) in [4.78, 5) is 33.5. The monoisotopic (exact) mass is 481 g/mol. The third kappa shape index (κ3) is 4.56. The molecule has 2 aromatic carbocycles. The van der Waals surface area contributed by atoms with E-state index in [1.54, 1.807) is 30.8 Å². The summed E-state index contributed by atoms with van der Waals surface area (Å²) in [6, 6.07) is 17.4. The van der Waals surface area contributed by atoms with Crippen molar-refractivity contribution in [3.8, 4) is 5.69 Å². The Hall–Kier alpha value is -3.03. The van der Waals surface area contributed by atoms with Crippen molar-refractivity contribution in [2.24, 2.45) is 0 Å². The summed E-state index contributed by atoms with van der Waals surface area (Å²) in [6.45, 7) is 8.07. The Morgan fingerprint density at radius 1 is 1.18 bits per heavy atom. The number of pyridine rings is 1. The number of halogens is 1. The van der Waals surface area contributed by atoms with Crippen molar-refractivity contribution in [3.05, 3.63) is 86.9 Å². The second kappa shape index (κ2) is 9.08. The number of H-pyrrole nitrogens is 1. The molecule has 0 spiro atoms. The lowest BCUT2D eigenvalue weighted by Crippen LogP contribution is -2.16. The second-order valence-corrected chi connectivity index (χ2v) is 10.2. The number of fused-ring (bicyclic) bond motifs is 1. The van der Waals surface area contributed by atoms with Crippen molar-refractivity contribution >= 4 is 40.5 Å². The molecule has 0 saturated heterocycles. The van der Waals surface area contributed by atoms with Crippen LogP contribution in [0.25, 0.3) is 16.9 Å². The Kier molecular flexibility index (Phi) is 6.36. The Labute approximate surface area is 201 Å². The van der Waals surface area contributed by atoms with Crippen LogP contribution in [0.1, 0.15) is 42.4 Å². The van der Waals surface area contributed by atoms with Crippen molar-refractivity contribution in [2.45, 2.75) is 37.3 Å². The van der Waals surface area contributed by atoms with Gasteiger partial charge in [-0.2, -0.15) is 0 Å². The van der Waals surface area contributed by atoms with Gasteiger partial charge in [0.25, 0.3) is 0 Å². The topological polar surface area (TPSA) is 77.0 Å². The van der Waals surface area contributed by atoms with Gasteiger partial charge in [0.05, 0.1) is 22.8 Å². The molecule has 0 fully saturated rings. The first-order chi connectivity index (χ1) is 15.7. The highest BCUT2D eigenvalue weighted by Crippen LogP contribution is 2.42. The quantitative estimate of drug-likeness (QED) is 0.275. The van der Waals surface area contributed by atoms with Crippen LogP contribution in [0.4, 0.5) is 0 Å². The number of nitrogens with one attached hydrogen (secondary N) is 1. The second-order valence-electron chi connectivity index (χ2n) is 8.10. The molecule has 0 atom stereocenters. The third-order valence-electron chi connectivity index (χ3n) is 5.33. The van der Waals surface area contributed by atoms with Gasteiger partial charge in [0, 0.05) is 9.64 Å². The molecule has 0 amide bonds. The van der Waals surface area contributed by atoms with Crippen LogP contribution in [0.15, 0.2) is 64.3 Å². The Morgan fingerprint density at radius 2 is 1.91 bits per heavy atom. The molecular weight excluding hydrogens is 458 g/mol. The highest BCUT2D eigenvalue weighted by molar-refractivity contribution is 8.00. The van der Waals surface area contributed by atoms with Gasteiger partial charge in [-0.15, -0.1) is 11.8 Å². The first-order valence-electron chi connectivity index (χ1n) is 10.5. The van der Waals surface area contributed by atoms with Crippen LogP contribution < -0.4 is 5.69 Å². The largest absolute Gasteiger partial charge is 0.461 e. The van der Waals surface area contributed by atoms with Crippen LogP contribution in [0.2, 0.25) is 5.02 Å². The first kappa shape index (κ1) is 23.1. The van der Waals surface area contributed by atoms with Gasteiger partial charge in [-0.05, 0) is 63.1 Å². The molecular formula is C25H24ClN3O3S. The molecule has 0 aliphatic heterocycles. The normalized spacial score (nSPS) is 11.7. The predicted octanol–water partition coefficient (Wildman–Crippen LogP) is 5.88. The van der Waals surface area contributed by atoms with Crippen LogP contribution >= 0.6 is 23.4 Å². The fourth-order valence-electron chi connectivity index (χ4n) is 3.68. The summed E-state index contributed by atoms with van der Waals surface area (Å²) in [5, 5.41) is 0.404. The van der Waals surface area contributed by atoms with Crippen molar-refractivity contribution in [3.63, 3.8) is 0 Å². The maximum absolute atomic E-state index is 13.0. The molecule has 0 radical (unpaired) electrons. The summed E-state index contributed by atoms with van der Waals surface area (Å²) < 4.78 is 6.30. The number of carbonyl (C=O) groups is 1. The van der Waals surface area contributed by atoms with E-state index in [-0.39, 0.29) is 22.7 Å². The molecule has 0 unspecified atom stereocenters. The van der Waals surface area contributed by atoms with E-state index in [1.807, 2.05) is 37.3 Å². The number of aromatic amines is 1. The summed E-state index contributed by atoms with van der Waals surface area (Å²) in [7, 11) is 0. The molecule has 6 nitrogen and oxygen atoms in total. The maximum atomic E-state index is 13.0. The molecule has 0 saturated carbocycles. The minimum absolute atomic E-state index is 0.140. The minimum atomic E-state index is -0.539. The highest BCUT2D eigenvalue weighted by Gasteiger charge is 2.23. The van der Waals surface area contributed by atoms with Crippen LogP contribution in [-0.2, 0) is 9.48 Å². The number of hydrogen-bond donors (Lipinski definition) is 1. The van der Waals surface area contributed by atoms with Crippen LogP contribution in [0.3, 0.4) is 0 Å². The van der Waals surface area contributed by atoms with Gasteiger partial charge >= 0.3 is 11.7 Å². The molecule has 0 aliphatic carbocycles. The molecule has 2 heterocycles. The smallest absolute Gasteiger partial charge is 0.357 e. The lowest BCUT2D eigenvalue weighted by atomic mass is 10.0. The molecule has 4 aromatic rings. The number of thioether (sulfide) groups is 1. The summed E-state index contributed by atoms with van der Waals surface area (Å²) in [6.07, 6.45) is 0. The Morgan fingerprint density at radius 3 is 2.61 bits per heavy atom. The Bertz CT molecular complexity index is 1390. The molecule has 33 heavy (non-hydrogen) atoms. The standard InChI is InChI=1S/C25H24ClN3O3S/c1-5-32-23(30)19-13-15(2)21-22(27-19)29(24(31)28-21)20-14-17(11-12-18(20)26)33-25(3,4)16-9-7-6-8-10-16/h6-14H,5H2,1-4H3,(H,28,31). The van der Waals surface area contributed by atoms with E-state index < -0.39 is 5.97 Å². The zero-order valence-corrected chi connectivity index (χ0v) is 20.4. The highest BCUT2D eigenvalue weighted by atomic mass is 35.5. The van der Waals surface area contributed by atoms with Gasteiger partial charge < -0.3 is 9.72 Å². The van der Waals surface area contributed by atoms with Crippen molar-refractivity contribution in [2.75, 3.05) is 6.61 Å². The number of ether oxygens (including phenoxy) is 1. The molecule has 0 aliphatic rings. The van der Waals surface area contributed by atoms with E-state index >= 15 is 0 Å². The average molecular weight is 482 g/mol. The van der Waals surface area contributed by atoms with Crippen molar-refractivity contribution < 1.29 is 9.53 Å². The summed E-state index contributed by atoms with van der Waals surface area (Å²) >= 11 is 8.21. The fraction of sp³-hybridized carbons (Fsp3) is 0.240.